The topological polar surface area (TPSA) is 67.3 Å². The Hall–Kier alpha value is -8.06. The predicted molar refractivity (Wildman–Crippen MR) is 238 cm³/mol. The van der Waals surface area contributed by atoms with Gasteiger partial charge in [0.2, 0.25) is 0 Å². The summed E-state index contributed by atoms with van der Waals surface area (Å²) in [4.78, 5) is 0. The minimum atomic E-state index is 0.527. The maximum absolute atomic E-state index is 11.1. The molecule has 270 valence electrons. The van der Waals surface area contributed by atoms with Crippen molar-refractivity contribution in [2.24, 2.45) is 14.1 Å². The van der Waals surface area contributed by atoms with Crippen molar-refractivity contribution in [3.63, 3.8) is 0 Å². The smallest absolute Gasteiger partial charge is 0.0998 e. The van der Waals surface area contributed by atoms with E-state index in [-0.39, 0.29) is 0 Å². The molecule has 6 heteroatoms. The quantitative estimate of drug-likeness (QED) is 0.181. The fourth-order valence-corrected chi connectivity index (χ4v) is 9.95. The van der Waals surface area contributed by atoms with Crippen LogP contribution in [0.2, 0.25) is 0 Å². The van der Waals surface area contributed by atoms with Gasteiger partial charge in [-0.15, -0.1) is 0 Å². The van der Waals surface area contributed by atoms with Crippen molar-refractivity contribution < 1.29 is 0 Å². The molecule has 0 N–H and O–H groups in total. The highest BCUT2D eigenvalue weighted by molar-refractivity contribution is 6.25. The Balaban J connectivity index is 1.34. The lowest BCUT2D eigenvalue weighted by molar-refractivity contribution is 1.01. The molecule has 0 atom stereocenters. The molecular weight excluding hydrogens is 709 g/mol. The molecule has 0 fully saturated rings. The molecule has 0 aliphatic heterocycles. The molecule has 0 amide bonds. The Labute approximate surface area is 332 Å². The van der Waals surface area contributed by atoms with Crippen molar-refractivity contribution in [2.75, 3.05) is 0 Å². The van der Waals surface area contributed by atoms with Gasteiger partial charge in [-0.3, -0.25) is 0 Å². The molecule has 0 saturated heterocycles. The van der Waals surface area contributed by atoms with Crippen molar-refractivity contribution in [1.82, 2.24) is 18.3 Å². The fraction of sp³-hybridized carbons (Fsp3) is 0.0385. The molecule has 58 heavy (non-hydrogen) atoms. The molecule has 12 aromatic rings. The van der Waals surface area contributed by atoms with Gasteiger partial charge in [0, 0.05) is 73.8 Å². The number of hydrogen-bond acceptors (Lipinski definition) is 2. The number of fused-ring (bicyclic) bond motifs is 14. The predicted octanol–water partition coefficient (Wildman–Crippen LogP) is 12.6. The van der Waals surface area contributed by atoms with Gasteiger partial charge in [-0.05, 0) is 54.1 Å². The summed E-state index contributed by atoms with van der Waals surface area (Å²) < 4.78 is 9.44. The molecule has 0 aliphatic carbocycles. The minimum absolute atomic E-state index is 0.527. The van der Waals surface area contributed by atoms with E-state index in [0.717, 1.165) is 88.2 Å². The van der Waals surface area contributed by atoms with Crippen molar-refractivity contribution in [3.05, 3.63) is 169 Å². The van der Waals surface area contributed by atoms with E-state index in [1.165, 1.54) is 21.5 Å². The van der Waals surface area contributed by atoms with E-state index in [1.54, 1.807) is 0 Å². The number of para-hydroxylation sites is 4. The molecular formula is C52H32N6. The van der Waals surface area contributed by atoms with Crippen molar-refractivity contribution in [2.45, 2.75) is 0 Å². The molecule has 12 rings (SSSR count). The average molecular weight is 741 g/mol. The Bertz CT molecular complexity index is 3850. The zero-order valence-corrected chi connectivity index (χ0v) is 31.7. The van der Waals surface area contributed by atoms with Crippen LogP contribution in [-0.2, 0) is 14.1 Å². The summed E-state index contributed by atoms with van der Waals surface area (Å²) in [7, 11) is 4.32. The Morgan fingerprint density at radius 3 is 1.29 bits per heavy atom. The van der Waals surface area contributed by atoms with E-state index in [1.807, 2.05) is 24.3 Å². The monoisotopic (exact) mass is 740 g/mol. The highest BCUT2D eigenvalue weighted by atomic mass is 15.1. The number of rotatable bonds is 3. The summed E-state index contributed by atoms with van der Waals surface area (Å²) >= 11 is 0. The van der Waals surface area contributed by atoms with E-state index < -0.39 is 0 Å². The molecule has 0 unspecified atom stereocenters. The van der Waals surface area contributed by atoms with Crippen LogP contribution < -0.4 is 0 Å². The molecule has 8 aromatic carbocycles. The third-order valence-corrected chi connectivity index (χ3v) is 12.4. The molecule has 0 bridgehead atoms. The summed E-state index contributed by atoms with van der Waals surface area (Å²) in [5.41, 5.74) is 13.3. The number of benzene rings is 8. The van der Waals surface area contributed by atoms with Gasteiger partial charge in [0.25, 0.3) is 0 Å². The van der Waals surface area contributed by atoms with Gasteiger partial charge in [-0.1, -0.05) is 109 Å². The van der Waals surface area contributed by atoms with Gasteiger partial charge in [0.15, 0.2) is 0 Å². The molecule has 6 nitrogen and oxygen atoms in total. The summed E-state index contributed by atoms with van der Waals surface area (Å²) in [6.07, 6.45) is 0. The van der Waals surface area contributed by atoms with E-state index >= 15 is 0 Å². The number of nitriles is 2. The molecule has 4 heterocycles. The van der Waals surface area contributed by atoms with Gasteiger partial charge in [0.1, 0.15) is 0 Å². The second kappa shape index (κ2) is 11.7. The van der Waals surface area contributed by atoms with Crippen molar-refractivity contribution in [1.29, 1.82) is 10.5 Å². The van der Waals surface area contributed by atoms with Crippen molar-refractivity contribution >= 4 is 87.2 Å². The number of aromatic nitrogens is 4. The summed E-state index contributed by atoms with van der Waals surface area (Å²) in [6.45, 7) is 0. The van der Waals surface area contributed by atoms with Crippen LogP contribution in [0.3, 0.4) is 0 Å². The number of hydrogen-bond donors (Lipinski definition) is 0. The van der Waals surface area contributed by atoms with Gasteiger partial charge >= 0.3 is 0 Å². The van der Waals surface area contributed by atoms with Gasteiger partial charge < -0.3 is 18.3 Å². The SMILES string of the molecule is Cn1c2ccccc2c2ccc3c4ccccc4n(-c4cc(C#N)c(-c5cccc(C#N)c5)cc4-n4c5ccccc5c5ccc6c7ccccc7n(C)c6c54)c3c21. The lowest BCUT2D eigenvalue weighted by Crippen LogP contribution is -2.06. The van der Waals surface area contributed by atoms with Crippen LogP contribution in [0.4, 0.5) is 0 Å². The highest BCUT2D eigenvalue weighted by Crippen LogP contribution is 2.45. The Kier molecular flexibility index (Phi) is 6.51. The van der Waals surface area contributed by atoms with E-state index in [2.05, 4.69) is 178 Å². The maximum Gasteiger partial charge on any atom is 0.0998 e. The highest BCUT2D eigenvalue weighted by Gasteiger charge is 2.26. The van der Waals surface area contributed by atoms with Gasteiger partial charge in [-0.2, -0.15) is 10.5 Å². The first-order chi connectivity index (χ1) is 28.6. The largest absolute Gasteiger partial charge is 0.342 e. The van der Waals surface area contributed by atoms with Crippen molar-refractivity contribution in [3.8, 4) is 34.6 Å². The molecule has 0 saturated carbocycles. The third-order valence-electron chi connectivity index (χ3n) is 12.4. The van der Waals surface area contributed by atoms with Crippen LogP contribution in [0.15, 0.2) is 158 Å². The second-order valence-corrected chi connectivity index (χ2v) is 15.3. The van der Waals surface area contributed by atoms with Crippen LogP contribution >= 0.6 is 0 Å². The maximum atomic E-state index is 11.1. The lowest BCUT2D eigenvalue weighted by atomic mass is 9.96. The Morgan fingerprint density at radius 1 is 0.379 bits per heavy atom. The van der Waals surface area contributed by atoms with Crippen LogP contribution in [0.25, 0.3) is 110 Å². The average Bonchev–Trinajstić information content (AvgIpc) is 3.98. The van der Waals surface area contributed by atoms with E-state index in [9.17, 15) is 10.5 Å². The minimum Gasteiger partial charge on any atom is -0.342 e. The summed E-state index contributed by atoms with van der Waals surface area (Å²) in [5.74, 6) is 0. The first-order valence-electron chi connectivity index (χ1n) is 19.4. The van der Waals surface area contributed by atoms with Crippen LogP contribution in [-0.4, -0.2) is 18.3 Å². The third kappa shape index (κ3) is 4.13. The first kappa shape index (κ1) is 32.2. The normalized spacial score (nSPS) is 11.9. The summed E-state index contributed by atoms with van der Waals surface area (Å²) in [5, 5.41) is 30.4. The molecule has 0 spiro atoms. The molecule has 0 radical (unpaired) electrons. The van der Waals surface area contributed by atoms with Crippen LogP contribution in [0.1, 0.15) is 11.1 Å². The second-order valence-electron chi connectivity index (χ2n) is 15.3. The first-order valence-corrected chi connectivity index (χ1v) is 19.4. The van der Waals surface area contributed by atoms with Gasteiger partial charge in [-0.25, -0.2) is 0 Å². The lowest BCUT2D eigenvalue weighted by Gasteiger charge is -2.20. The van der Waals surface area contributed by atoms with Gasteiger partial charge in [0.05, 0.1) is 67.7 Å². The zero-order valence-electron chi connectivity index (χ0n) is 31.7. The fourth-order valence-electron chi connectivity index (χ4n) is 9.95. The van der Waals surface area contributed by atoms with Crippen LogP contribution in [0, 0.1) is 22.7 Å². The Morgan fingerprint density at radius 2 is 0.810 bits per heavy atom. The van der Waals surface area contributed by atoms with E-state index in [4.69, 9.17) is 0 Å². The van der Waals surface area contributed by atoms with Crippen LogP contribution in [0.5, 0.6) is 0 Å². The van der Waals surface area contributed by atoms with E-state index in [0.29, 0.717) is 11.1 Å². The summed E-state index contributed by atoms with van der Waals surface area (Å²) in [6, 6.07) is 60.2. The zero-order chi connectivity index (χ0) is 38.8. The standard InChI is InChI=1S/C52H32N6/c1-55-43-18-7-3-14-34(43)38-22-24-40-36-16-5-9-20-45(36)57(51(40)49(38)55)47-27-33(30-54)42(32-13-11-12-31(26-32)29-53)28-48(47)58-46-21-10-6-17-37(46)41-25-23-39-35-15-4-8-19-44(35)56(2)50(39)52(41)58/h3-28H,1-2H3. The molecule has 0 aliphatic rings. The number of nitrogens with zero attached hydrogens (tertiary/aromatic N) is 6. The molecule has 4 aromatic heterocycles. The number of aryl methyl sites for hydroxylation is 2.